The zero-order valence-electron chi connectivity index (χ0n) is 16.8. The van der Waals surface area contributed by atoms with E-state index in [2.05, 4.69) is 34.3 Å². The van der Waals surface area contributed by atoms with Gasteiger partial charge in [-0.15, -0.1) is 0 Å². The van der Waals surface area contributed by atoms with Gasteiger partial charge in [0.1, 0.15) is 5.82 Å². The van der Waals surface area contributed by atoms with E-state index in [1.807, 2.05) is 12.1 Å². The SMILES string of the molecule is CCNC(=NCC1(c2ccccc2F)CC1)NCCN1CCN(CC)CC1. The quantitative estimate of drug-likeness (QED) is 0.539. The van der Waals surface area contributed by atoms with E-state index in [4.69, 9.17) is 4.99 Å². The lowest BCUT2D eigenvalue weighted by molar-refractivity contribution is 0.139. The van der Waals surface area contributed by atoms with Gasteiger partial charge < -0.3 is 15.5 Å². The average molecular weight is 376 g/mol. The Bertz CT molecular complexity index is 621. The lowest BCUT2D eigenvalue weighted by atomic mass is 9.95. The summed E-state index contributed by atoms with van der Waals surface area (Å²) >= 11 is 0. The molecule has 27 heavy (non-hydrogen) atoms. The average Bonchev–Trinajstić information content (AvgIpc) is 3.48. The Kier molecular flexibility index (Phi) is 7.07. The molecule has 1 saturated carbocycles. The molecule has 1 saturated heterocycles. The number of rotatable bonds is 8. The van der Waals surface area contributed by atoms with Crippen LogP contribution >= 0.6 is 0 Å². The summed E-state index contributed by atoms with van der Waals surface area (Å²) in [7, 11) is 0. The smallest absolute Gasteiger partial charge is 0.191 e. The van der Waals surface area contributed by atoms with Crippen LogP contribution in [0.4, 0.5) is 4.39 Å². The Morgan fingerprint density at radius 2 is 1.78 bits per heavy atom. The third kappa shape index (κ3) is 5.42. The third-order valence-electron chi connectivity index (χ3n) is 5.82. The molecule has 1 heterocycles. The number of guanidine groups is 1. The second-order valence-corrected chi connectivity index (χ2v) is 7.66. The molecule has 150 valence electrons. The molecule has 1 aromatic rings. The number of nitrogens with zero attached hydrogens (tertiary/aromatic N) is 3. The van der Waals surface area contributed by atoms with Crippen LogP contribution in [0.5, 0.6) is 0 Å². The van der Waals surface area contributed by atoms with Gasteiger partial charge in [0.25, 0.3) is 0 Å². The van der Waals surface area contributed by atoms with E-state index in [0.29, 0.717) is 6.54 Å². The van der Waals surface area contributed by atoms with E-state index < -0.39 is 0 Å². The second-order valence-electron chi connectivity index (χ2n) is 7.66. The summed E-state index contributed by atoms with van der Waals surface area (Å²) in [5, 5.41) is 6.77. The van der Waals surface area contributed by atoms with Crippen LogP contribution in [-0.2, 0) is 5.41 Å². The fraction of sp³-hybridized carbons (Fsp3) is 0.667. The summed E-state index contributed by atoms with van der Waals surface area (Å²) in [5.74, 6) is 0.738. The first-order chi connectivity index (χ1) is 13.2. The van der Waals surface area contributed by atoms with Gasteiger partial charge in [0.15, 0.2) is 5.96 Å². The normalized spacial score (nSPS) is 20.5. The molecule has 1 aliphatic heterocycles. The fourth-order valence-corrected chi connectivity index (χ4v) is 3.79. The van der Waals surface area contributed by atoms with Crippen LogP contribution in [0.15, 0.2) is 29.3 Å². The molecule has 1 aliphatic carbocycles. The van der Waals surface area contributed by atoms with Crippen molar-refractivity contribution in [3.63, 3.8) is 0 Å². The Morgan fingerprint density at radius 1 is 1.07 bits per heavy atom. The largest absolute Gasteiger partial charge is 0.357 e. The molecule has 6 heteroatoms. The van der Waals surface area contributed by atoms with E-state index in [1.165, 1.54) is 0 Å². The van der Waals surface area contributed by atoms with Crippen molar-refractivity contribution in [2.75, 3.05) is 58.9 Å². The zero-order valence-corrected chi connectivity index (χ0v) is 16.8. The van der Waals surface area contributed by atoms with Crippen LogP contribution in [0.2, 0.25) is 0 Å². The highest BCUT2D eigenvalue weighted by molar-refractivity contribution is 5.79. The van der Waals surface area contributed by atoms with Crippen molar-refractivity contribution in [2.45, 2.75) is 32.1 Å². The van der Waals surface area contributed by atoms with Crippen molar-refractivity contribution in [3.8, 4) is 0 Å². The van der Waals surface area contributed by atoms with Crippen LogP contribution in [0, 0.1) is 5.82 Å². The monoisotopic (exact) mass is 375 g/mol. The first kappa shape index (κ1) is 20.1. The molecule has 1 aromatic carbocycles. The number of aliphatic imine (C=N–C) groups is 1. The van der Waals surface area contributed by atoms with Crippen LogP contribution in [0.25, 0.3) is 0 Å². The van der Waals surface area contributed by atoms with Gasteiger partial charge in [0.2, 0.25) is 0 Å². The molecule has 2 aliphatic rings. The highest BCUT2D eigenvalue weighted by atomic mass is 19.1. The van der Waals surface area contributed by atoms with Gasteiger partial charge in [-0.25, -0.2) is 4.39 Å². The lowest BCUT2D eigenvalue weighted by Crippen LogP contribution is -2.49. The summed E-state index contributed by atoms with van der Waals surface area (Å²) in [6.07, 6.45) is 2.02. The molecular weight excluding hydrogens is 341 g/mol. The van der Waals surface area contributed by atoms with Crippen molar-refractivity contribution in [1.29, 1.82) is 0 Å². The summed E-state index contributed by atoms with van der Waals surface area (Å²) in [5.41, 5.74) is 0.711. The predicted molar refractivity (Wildman–Crippen MR) is 110 cm³/mol. The molecule has 0 radical (unpaired) electrons. The molecule has 0 bridgehead atoms. The van der Waals surface area contributed by atoms with Crippen molar-refractivity contribution in [2.24, 2.45) is 4.99 Å². The number of nitrogens with one attached hydrogen (secondary N) is 2. The minimum Gasteiger partial charge on any atom is -0.357 e. The topological polar surface area (TPSA) is 42.9 Å². The number of hydrogen-bond acceptors (Lipinski definition) is 3. The van der Waals surface area contributed by atoms with Crippen molar-refractivity contribution < 1.29 is 4.39 Å². The Balaban J connectivity index is 1.49. The Hall–Kier alpha value is -1.66. The van der Waals surface area contributed by atoms with E-state index in [-0.39, 0.29) is 11.2 Å². The molecule has 0 amide bonds. The molecule has 0 aromatic heterocycles. The summed E-state index contributed by atoms with van der Waals surface area (Å²) in [4.78, 5) is 9.77. The fourth-order valence-electron chi connectivity index (χ4n) is 3.79. The third-order valence-corrected chi connectivity index (χ3v) is 5.82. The number of piperazine rings is 1. The molecule has 2 N–H and O–H groups in total. The van der Waals surface area contributed by atoms with Crippen LogP contribution in [0.1, 0.15) is 32.3 Å². The number of benzene rings is 1. The molecule has 0 spiro atoms. The Morgan fingerprint density at radius 3 is 2.41 bits per heavy atom. The minimum atomic E-state index is -0.107. The van der Waals surface area contributed by atoms with Gasteiger partial charge in [-0.1, -0.05) is 25.1 Å². The van der Waals surface area contributed by atoms with E-state index in [0.717, 1.165) is 76.7 Å². The second kappa shape index (κ2) is 9.51. The maximum atomic E-state index is 14.2. The van der Waals surface area contributed by atoms with Crippen LogP contribution < -0.4 is 10.6 Å². The van der Waals surface area contributed by atoms with Gasteiger partial charge >= 0.3 is 0 Å². The minimum absolute atomic E-state index is 0.102. The van der Waals surface area contributed by atoms with Crippen LogP contribution in [-0.4, -0.2) is 74.7 Å². The highest BCUT2D eigenvalue weighted by Crippen LogP contribution is 2.49. The maximum Gasteiger partial charge on any atom is 0.191 e. The summed E-state index contributed by atoms with van der Waals surface area (Å²) < 4.78 is 14.2. The summed E-state index contributed by atoms with van der Waals surface area (Å²) in [6, 6.07) is 7.14. The molecule has 2 fully saturated rings. The number of hydrogen-bond donors (Lipinski definition) is 2. The van der Waals surface area contributed by atoms with Crippen LogP contribution in [0.3, 0.4) is 0 Å². The first-order valence-corrected chi connectivity index (χ1v) is 10.4. The molecular formula is C21H34FN5. The van der Waals surface area contributed by atoms with Gasteiger partial charge in [-0.3, -0.25) is 9.89 Å². The van der Waals surface area contributed by atoms with Gasteiger partial charge in [0, 0.05) is 51.2 Å². The van der Waals surface area contributed by atoms with Gasteiger partial charge in [0.05, 0.1) is 6.54 Å². The van der Waals surface area contributed by atoms with Crippen molar-refractivity contribution in [3.05, 3.63) is 35.6 Å². The summed E-state index contributed by atoms with van der Waals surface area (Å²) in [6.45, 7) is 13.4. The molecule has 3 rings (SSSR count). The van der Waals surface area contributed by atoms with E-state index >= 15 is 0 Å². The van der Waals surface area contributed by atoms with Gasteiger partial charge in [-0.2, -0.15) is 0 Å². The first-order valence-electron chi connectivity index (χ1n) is 10.4. The van der Waals surface area contributed by atoms with E-state index in [1.54, 1.807) is 12.1 Å². The number of halogens is 1. The predicted octanol–water partition coefficient (Wildman–Crippen LogP) is 2.05. The Labute approximate surface area is 163 Å². The van der Waals surface area contributed by atoms with Crippen molar-refractivity contribution in [1.82, 2.24) is 20.4 Å². The van der Waals surface area contributed by atoms with Crippen molar-refractivity contribution >= 4 is 5.96 Å². The standard InChI is InChI=1S/C21H34FN5/c1-3-23-20(24-11-12-27-15-13-26(4-2)14-16-27)25-17-21(9-10-21)18-7-5-6-8-19(18)22/h5-8H,3-4,9-17H2,1-2H3,(H2,23,24,25). The van der Waals surface area contributed by atoms with Gasteiger partial charge in [-0.05, 0) is 37.9 Å². The number of likely N-dealkylation sites (N-methyl/N-ethyl adjacent to an activating group) is 1. The highest BCUT2D eigenvalue weighted by Gasteiger charge is 2.45. The molecule has 5 nitrogen and oxygen atoms in total. The van der Waals surface area contributed by atoms with E-state index in [9.17, 15) is 4.39 Å². The molecule has 0 unspecified atom stereocenters. The maximum absolute atomic E-state index is 14.2. The zero-order chi connectivity index (χ0) is 19.1. The molecule has 0 atom stereocenters. The lowest BCUT2D eigenvalue weighted by Gasteiger charge is -2.34.